The minimum Gasteiger partial charge on any atom is -0.468 e. The topological polar surface area (TPSA) is 58.4 Å². The molecule has 130 valence electrons. The first-order chi connectivity index (χ1) is 12.3. The summed E-state index contributed by atoms with van der Waals surface area (Å²) in [4.78, 5) is 19.2. The van der Waals surface area contributed by atoms with Crippen molar-refractivity contribution in [2.45, 2.75) is 6.04 Å². The minimum absolute atomic E-state index is 0.0572. The zero-order valence-corrected chi connectivity index (χ0v) is 15.3. The predicted molar refractivity (Wildman–Crippen MR) is 102 cm³/mol. The van der Waals surface area contributed by atoms with Gasteiger partial charge in [-0.05, 0) is 30.3 Å². The number of thioether (sulfide) groups is 1. The number of hydrogen-bond donors (Lipinski definition) is 1. The first-order valence-corrected chi connectivity index (χ1v) is 10.3. The Balaban J connectivity index is 1.47. The number of furan rings is 1. The third kappa shape index (κ3) is 3.73. The van der Waals surface area contributed by atoms with Crippen molar-refractivity contribution in [1.82, 2.24) is 15.2 Å². The number of aromatic nitrogens is 1. The Morgan fingerprint density at radius 2 is 2.20 bits per heavy atom. The molecule has 7 heteroatoms. The van der Waals surface area contributed by atoms with Gasteiger partial charge in [-0.2, -0.15) is 11.8 Å². The van der Waals surface area contributed by atoms with Crippen molar-refractivity contribution < 1.29 is 9.21 Å². The van der Waals surface area contributed by atoms with E-state index >= 15 is 0 Å². The maximum Gasteiger partial charge on any atom is 0.251 e. The molecule has 0 saturated carbocycles. The van der Waals surface area contributed by atoms with Gasteiger partial charge in [0.15, 0.2) is 0 Å². The fourth-order valence-corrected chi connectivity index (χ4v) is 4.72. The van der Waals surface area contributed by atoms with Crippen LogP contribution in [0.4, 0.5) is 0 Å². The maximum absolute atomic E-state index is 12.6. The Kier molecular flexibility index (Phi) is 5.05. The molecule has 1 unspecified atom stereocenters. The number of amides is 1. The summed E-state index contributed by atoms with van der Waals surface area (Å²) in [6, 6.07) is 9.60. The Morgan fingerprint density at radius 1 is 1.32 bits per heavy atom. The number of hydrogen-bond acceptors (Lipinski definition) is 6. The van der Waals surface area contributed by atoms with Gasteiger partial charge in [0.05, 0.1) is 28.0 Å². The number of benzene rings is 1. The van der Waals surface area contributed by atoms with Crippen molar-refractivity contribution in [2.24, 2.45) is 0 Å². The summed E-state index contributed by atoms with van der Waals surface area (Å²) in [6.07, 6.45) is 1.70. The van der Waals surface area contributed by atoms with Crippen LogP contribution in [0.3, 0.4) is 0 Å². The molecule has 2 aromatic heterocycles. The lowest BCUT2D eigenvalue weighted by Crippen LogP contribution is -2.41. The van der Waals surface area contributed by atoms with Crippen LogP contribution in [0.15, 0.2) is 46.5 Å². The lowest BCUT2D eigenvalue weighted by Gasteiger charge is -2.33. The molecule has 1 saturated heterocycles. The van der Waals surface area contributed by atoms with E-state index < -0.39 is 0 Å². The van der Waals surface area contributed by atoms with Gasteiger partial charge < -0.3 is 9.73 Å². The summed E-state index contributed by atoms with van der Waals surface area (Å²) in [7, 11) is 0. The number of thiazole rings is 1. The fraction of sp³-hybridized carbons (Fsp3) is 0.333. The van der Waals surface area contributed by atoms with Gasteiger partial charge in [0, 0.05) is 36.7 Å². The number of carbonyl (C=O) groups excluding carboxylic acids is 1. The van der Waals surface area contributed by atoms with E-state index in [1.54, 1.807) is 23.1 Å². The van der Waals surface area contributed by atoms with Gasteiger partial charge in [-0.1, -0.05) is 0 Å². The highest BCUT2D eigenvalue weighted by atomic mass is 32.2. The summed E-state index contributed by atoms with van der Waals surface area (Å²) in [5.41, 5.74) is 3.40. The van der Waals surface area contributed by atoms with Crippen molar-refractivity contribution in [3.63, 3.8) is 0 Å². The molecule has 1 aromatic carbocycles. The molecule has 1 aliphatic heterocycles. The van der Waals surface area contributed by atoms with E-state index in [1.165, 1.54) is 0 Å². The zero-order chi connectivity index (χ0) is 17.1. The van der Waals surface area contributed by atoms with Crippen LogP contribution in [0.5, 0.6) is 0 Å². The monoisotopic (exact) mass is 373 g/mol. The summed E-state index contributed by atoms with van der Waals surface area (Å²) in [6.45, 7) is 2.56. The van der Waals surface area contributed by atoms with Crippen LogP contribution in [-0.2, 0) is 0 Å². The molecule has 3 aromatic rings. The van der Waals surface area contributed by atoms with Gasteiger partial charge in [-0.25, -0.2) is 4.98 Å². The number of fused-ring (bicyclic) bond motifs is 1. The summed E-state index contributed by atoms with van der Waals surface area (Å²) < 4.78 is 6.66. The molecule has 1 fully saturated rings. The summed E-state index contributed by atoms with van der Waals surface area (Å²) in [5, 5.41) is 3.08. The molecule has 1 atom stereocenters. The fourth-order valence-electron chi connectivity index (χ4n) is 3.07. The predicted octanol–water partition coefficient (Wildman–Crippen LogP) is 3.41. The van der Waals surface area contributed by atoms with Gasteiger partial charge in [0.2, 0.25) is 0 Å². The SMILES string of the molecule is O=C(NCC(c1ccco1)N1CCSCC1)c1ccc2ncsc2c1. The van der Waals surface area contributed by atoms with Crippen LogP contribution >= 0.6 is 23.1 Å². The number of carbonyl (C=O) groups is 1. The lowest BCUT2D eigenvalue weighted by atomic mass is 10.1. The molecule has 4 rings (SSSR count). The Morgan fingerprint density at radius 3 is 3.00 bits per heavy atom. The highest BCUT2D eigenvalue weighted by Gasteiger charge is 2.25. The molecule has 0 bridgehead atoms. The zero-order valence-electron chi connectivity index (χ0n) is 13.7. The van der Waals surface area contributed by atoms with Crippen molar-refractivity contribution >= 4 is 39.2 Å². The molecule has 5 nitrogen and oxygen atoms in total. The molecule has 0 radical (unpaired) electrons. The van der Waals surface area contributed by atoms with Crippen molar-refractivity contribution in [2.75, 3.05) is 31.1 Å². The van der Waals surface area contributed by atoms with E-state index in [4.69, 9.17) is 4.42 Å². The van der Waals surface area contributed by atoms with Gasteiger partial charge in [-0.3, -0.25) is 9.69 Å². The summed E-state index contributed by atoms with van der Waals surface area (Å²) in [5.74, 6) is 3.09. The van der Waals surface area contributed by atoms with Crippen molar-refractivity contribution in [3.05, 3.63) is 53.4 Å². The maximum atomic E-state index is 12.6. The molecule has 0 spiro atoms. The van der Waals surface area contributed by atoms with Gasteiger partial charge in [0.1, 0.15) is 5.76 Å². The van der Waals surface area contributed by atoms with Crippen molar-refractivity contribution in [1.29, 1.82) is 0 Å². The first-order valence-electron chi connectivity index (χ1n) is 8.28. The Labute approximate surface area is 154 Å². The van der Waals surface area contributed by atoms with E-state index in [0.29, 0.717) is 12.1 Å². The quantitative estimate of drug-likeness (QED) is 0.743. The first kappa shape index (κ1) is 16.6. The van der Waals surface area contributed by atoms with Crippen LogP contribution in [0.25, 0.3) is 10.2 Å². The van der Waals surface area contributed by atoms with Crippen LogP contribution in [0.1, 0.15) is 22.2 Å². The van der Waals surface area contributed by atoms with Crippen LogP contribution < -0.4 is 5.32 Å². The van der Waals surface area contributed by atoms with Crippen LogP contribution in [-0.4, -0.2) is 46.9 Å². The second-order valence-corrected chi connectivity index (χ2v) is 8.04. The smallest absolute Gasteiger partial charge is 0.251 e. The molecule has 3 heterocycles. The summed E-state index contributed by atoms with van der Waals surface area (Å²) >= 11 is 3.52. The van der Waals surface area contributed by atoms with Gasteiger partial charge in [-0.15, -0.1) is 11.3 Å². The molecule has 25 heavy (non-hydrogen) atoms. The van der Waals surface area contributed by atoms with E-state index in [1.807, 2.05) is 42.1 Å². The number of rotatable bonds is 5. The Bertz CT molecular complexity index is 841. The largest absolute Gasteiger partial charge is 0.468 e. The molecule has 1 amide bonds. The highest BCUT2D eigenvalue weighted by molar-refractivity contribution is 7.99. The molecular weight excluding hydrogens is 354 g/mol. The second-order valence-electron chi connectivity index (χ2n) is 5.92. The van der Waals surface area contributed by atoms with E-state index in [9.17, 15) is 4.79 Å². The average Bonchev–Trinajstić information content (AvgIpc) is 3.34. The average molecular weight is 374 g/mol. The number of nitrogens with one attached hydrogen (secondary N) is 1. The molecule has 1 N–H and O–H groups in total. The second kappa shape index (κ2) is 7.59. The van der Waals surface area contributed by atoms with Crippen LogP contribution in [0, 0.1) is 0 Å². The standard InChI is InChI=1S/C18H19N3O2S2/c22-18(13-3-4-14-17(10-13)25-12-20-14)19-11-15(16-2-1-7-23-16)21-5-8-24-9-6-21/h1-4,7,10,12,15H,5-6,8-9,11H2,(H,19,22). The molecular formula is C18H19N3O2S2. The van der Waals surface area contributed by atoms with Crippen molar-refractivity contribution in [3.8, 4) is 0 Å². The lowest BCUT2D eigenvalue weighted by molar-refractivity contribution is 0.0930. The number of nitrogens with zero attached hydrogens (tertiary/aromatic N) is 2. The van der Waals surface area contributed by atoms with Gasteiger partial charge >= 0.3 is 0 Å². The molecule has 0 aliphatic carbocycles. The minimum atomic E-state index is -0.0572. The normalized spacial score (nSPS) is 16.8. The third-order valence-corrected chi connectivity index (χ3v) is 6.14. The Hall–Kier alpha value is -1.83. The van der Waals surface area contributed by atoms with Gasteiger partial charge in [0.25, 0.3) is 5.91 Å². The van der Waals surface area contributed by atoms with E-state index in [-0.39, 0.29) is 11.9 Å². The van der Waals surface area contributed by atoms with E-state index in [0.717, 1.165) is 40.6 Å². The molecule has 1 aliphatic rings. The van der Waals surface area contributed by atoms with Crippen LogP contribution in [0.2, 0.25) is 0 Å². The third-order valence-electron chi connectivity index (χ3n) is 4.41. The van der Waals surface area contributed by atoms with E-state index in [2.05, 4.69) is 15.2 Å². The highest BCUT2D eigenvalue weighted by Crippen LogP contribution is 2.24.